The zero-order chi connectivity index (χ0) is 10.2. The lowest BCUT2D eigenvalue weighted by Gasteiger charge is -2.03. The van der Waals surface area contributed by atoms with Crippen molar-refractivity contribution >= 4 is 11.8 Å². The lowest BCUT2D eigenvalue weighted by Crippen LogP contribution is -2.07. The third-order valence-electron chi connectivity index (χ3n) is 1.77. The van der Waals surface area contributed by atoms with Crippen molar-refractivity contribution in [2.24, 2.45) is 5.73 Å². The summed E-state index contributed by atoms with van der Waals surface area (Å²) in [6, 6.07) is 8.48. The van der Waals surface area contributed by atoms with Gasteiger partial charge in [0, 0.05) is 11.4 Å². The zero-order valence-corrected chi connectivity index (χ0v) is 9.35. The zero-order valence-electron chi connectivity index (χ0n) is 8.53. The molecule has 2 nitrogen and oxygen atoms in total. The van der Waals surface area contributed by atoms with Crippen LogP contribution in [0.15, 0.2) is 29.2 Å². The fraction of sp³-hybridized carbons (Fsp3) is 0.455. The van der Waals surface area contributed by atoms with Crippen LogP contribution in [0.4, 0.5) is 0 Å². The molecule has 0 saturated heterocycles. The van der Waals surface area contributed by atoms with E-state index < -0.39 is 0 Å². The van der Waals surface area contributed by atoms with Crippen LogP contribution in [0.1, 0.15) is 12.5 Å². The number of benzene rings is 1. The Morgan fingerprint density at radius 2 is 2.00 bits per heavy atom. The number of hydrogen-bond acceptors (Lipinski definition) is 3. The summed E-state index contributed by atoms with van der Waals surface area (Å²) in [6.45, 7) is 4.03. The molecule has 3 heteroatoms. The van der Waals surface area contributed by atoms with Crippen LogP contribution in [-0.4, -0.2) is 18.9 Å². The van der Waals surface area contributed by atoms with Gasteiger partial charge in [-0.2, -0.15) is 0 Å². The average Bonchev–Trinajstić information content (AvgIpc) is 2.21. The molecule has 0 aromatic heterocycles. The van der Waals surface area contributed by atoms with Crippen molar-refractivity contribution in [3.63, 3.8) is 0 Å². The van der Waals surface area contributed by atoms with E-state index in [1.165, 1.54) is 10.5 Å². The molecule has 0 spiro atoms. The van der Waals surface area contributed by atoms with Gasteiger partial charge < -0.3 is 10.5 Å². The molecule has 0 aliphatic rings. The molecule has 0 heterocycles. The SMILES string of the molecule is CCSc1ccc(COCCN)cc1. The highest BCUT2D eigenvalue weighted by molar-refractivity contribution is 7.99. The second kappa shape index (κ2) is 6.87. The van der Waals surface area contributed by atoms with Gasteiger partial charge in [0.25, 0.3) is 0 Å². The summed E-state index contributed by atoms with van der Waals surface area (Å²) < 4.78 is 5.34. The number of nitrogens with two attached hydrogens (primary N) is 1. The second-order valence-electron chi connectivity index (χ2n) is 2.92. The number of hydrogen-bond donors (Lipinski definition) is 1. The molecule has 0 fully saturated rings. The van der Waals surface area contributed by atoms with Gasteiger partial charge in [0.2, 0.25) is 0 Å². The smallest absolute Gasteiger partial charge is 0.0717 e. The van der Waals surface area contributed by atoms with E-state index in [2.05, 4.69) is 31.2 Å². The Hall–Kier alpha value is -0.510. The molecule has 0 saturated carbocycles. The summed E-state index contributed by atoms with van der Waals surface area (Å²) in [5.41, 5.74) is 6.54. The van der Waals surface area contributed by atoms with Crippen LogP contribution < -0.4 is 5.73 Å². The fourth-order valence-corrected chi connectivity index (χ4v) is 1.78. The van der Waals surface area contributed by atoms with Crippen molar-refractivity contribution in [1.29, 1.82) is 0 Å². The molecular formula is C11H17NOS. The van der Waals surface area contributed by atoms with E-state index in [0.29, 0.717) is 19.8 Å². The predicted molar refractivity (Wildman–Crippen MR) is 61.6 cm³/mol. The number of rotatable bonds is 6. The van der Waals surface area contributed by atoms with Crippen LogP contribution in [0.3, 0.4) is 0 Å². The van der Waals surface area contributed by atoms with Crippen LogP contribution in [0.2, 0.25) is 0 Å². The lowest BCUT2D eigenvalue weighted by atomic mass is 10.2. The van der Waals surface area contributed by atoms with Crippen molar-refractivity contribution in [2.75, 3.05) is 18.9 Å². The Morgan fingerprint density at radius 3 is 2.57 bits per heavy atom. The minimum absolute atomic E-state index is 0.587. The van der Waals surface area contributed by atoms with E-state index in [9.17, 15) is 0 Å². The van der Waals surface area contributed by atoms with Crippen molar-refractivity contribution in [3.8, 4) is 0 Å². The van der Waals surface area contributed by atoms with E-state index in [1.807, 2.05) is 11.8 Å². The average molecular weight is 211 g/mol. The largest absolute Gasteiger partial charge is 0.375 e. The topological polar surface area (TPSA) is 35.2 Å². The first-order valence-corrected chi connectivity index (χ1v) is 5.85. The first-order chi connectivity index (χ1) is 6.86. The highest BCUT2D eigenvalue weighted by atomic mass is 32.2. The molecule has 0 atom stereocenters. The molecule has 0 aliphatic heterocycles. The number of thioether (sulfide) groups is 1. The fourth-order valence-electron chi connectivity index (χ4n) is 1.12. The Bertz CT molecular complexity index is 248. The molecule has 0 bridgehead atoms. The summed E-state index contributed by atoms with van der Waals surface area (Å²) in [5, 5.41) is 0. The van der Waals surface area contributed by atoms with Crippen molar-refractivity contribution < 1.29 is 4.74 Å². The van der Waals surface area contributed by atoms with Crippen molar-refractivity contribution in [3.05, 3.63) is 29.8 Å². The molecule has 78 valence electrons. The Kier molecular flexibility index (Phi) is 5.68. The van der Waals surface area contributed by atoms with Crippen LogP contribution in [-0.2, 0) is 11.3 Å². The van der Waals surface area contributed by atoms with Crippen molar-refractivity contribution in [1.82, 2.24) is 0 Å². The van der Waals surface area contributed by atoms with Gasteiger partial charge in [0.05, 0.1) is 13.2 Å². The van der Waals surface area contributed by atoms with E-state index >= 15 is 0 Å². The molecule has 1 rings (SSSR count). The molecule has 1 aromatic carbocycles. The molecule has 0 amide bonds. The minimum atomic E-state index is 0.587. The maximum absolute atomic E-state index is 5.34. The maximum atomic E-state index is 5.34. The van der Waals surface area contributed by atoms with Crippen LogP contribution in [0, 0.1) is 0 Å². The van der Waals surface area contributed by atoms with Gasteiger partial charge in [-0.05, 0) is 23.4 Å². The third kappa shape index (κ3) is 4.13. The monoisotopic (exact) mass is 211 g/mol. The minimum Gasteiger partial charge on any atom is -0.375 e. The van der Waals surface area contributed by atoms with E-state index in [-0.39, 0.29) is 0 Å². The molecular weight excluding hydrogens is 194 g/mol. The van der Waals surface area contributed by atoms with Gasteiger partial charge in [-0.3, -0.25) is 0 Å². The van der Waals surface area contributed by atoms with Crippen LogP contribution in [0.5, 0.6) is 0 Å². The first kappa shape index (κ1) is 11.6. The molecule has 0 radical (unpaired) electrons. The predicted octanol–water partition coefficient (Wildman–Crippen LogP) is 2.27. The highest BCUT2D eigenvalue weighted by Gasteiger charge is 1.94. The van der Waals surface area contributed by atoms with E-state index in [1.54, 1.807) is 0 Å². The van der Waals surface area contributed by atoms with Gasteiger partial charge in [-0.1, -0.05) is 19.1 Å². The quantitative estimate of drug-likeness (QED) is 0.579. The summed E-state index contributed by atoms with van der Waals surface area (Å²) in [6.07, 6.45) is 0. The molecule has 14 heavy (non-hydrogen) atoms. The maximum Gasteiger partial charge on any atom is 0.0717 e. The standard InChI is InChI=1S/C11H17NOS/c1-2-14-11-5-3-10(4-6-11)9-13-8-7-12/h3-6H,2,7-9,12H2,1H3. The summed E-state index contributed by atoms with van der Waals surface area (Å²) in [7, 11) is 0. The second-order valence-corrected chi connectivity index (χ2v) is 4.26. The summed E-state index contributed by atoms with van der Waals surface area (Å²) in [5.74, 6) is 1.11. The van der Waals surface area contributed by atoms with Gasteiger partial charge in [0.1, 0.15) is 0 Å². The third-order valence-corrected chi connectivity index (χ3v) is 2.66. The summed E-state index contributed by atoms with van der Waals surface area (Å²) >= 11 is 1.85. The number of ether oxygens (including phenoxy) is 1. The Balaban J connectivity index is 2.38. The van der Waals surface area contributed by atoms with Gasteiger partial charge in [0.15, 0.2) is 0 Å². The lowest BCUT2D eigenvalue weighted by molar-refractivity contribution is 0.128. The Morgan fingerprint density at radius 1 is 1.29 bits per heavy atom. The van der Waals surface area contributed by atoms with E-state index in [4.69, 9.17) is 10.5 Å². The highest BCUT2D eigenvalue weighted by Crippen LogP contribution is 2.17. The van der Waals surface area contributed by atoms with Crippen LogP contribution in [0.25, 0.3) is 0 Å². The Labute approximate surface area is 89.8 Å². The van der Waals surface area contributed by atoms with Gasteiger partial charge >= 0.3 is 0 Å². The van der Waals surface area contributed by atoms with Crippen LogP contribution >= 0.6 is 11.8 Å². The first-order valence-electron chi connectivity index (χ1n) is 4.86. The van der Waals surface area contributed by atoms with Crippen molar-refractivity contribution in [2.45, 2.75) is 18.4 Å². The molecule has 0 unspecified atom stereocenters. The van der Waals surface area contributed by atoms with Gasteiger partial charge in [-0.15, -0.1) is 11.8 Å². The normalized spacial score (nSPS) is 10.4. The molecule has 2 N–H and O–H groups in total. The van der Waals surface area contributed by atoms with E-state index in [0.717, 1.165) is 5.75 Å². The summed E-state index contributed by atoms with van der Waals surface area (Å²) in [4.78, 5) is 1.31. The molecule has 0 aliphatic carbocycles. The molecule has 1 aromatic rings. The van der Waals surface area contributed by atoms with Gasteiger partial charge in [-0.25, -0.2) is 0 Å².